The van der Waals surface area contributed by atoms with E-state index in [2.05, 4.69) is 22.6 Å². The first-order valence-electron chi connectivity index (χ1n) is 4.29. The highest BCUT2D eigenvalue weighted by atomic mass is 16.5. The SMILES string of the molecule is COc1cnn(C)c1C1C=CCN1. The topological polar surface area (TPSA) is 39.1 Å². The monoisotopic (exact) mass is 179 g/mol. The van der Waals surface area contributed by atoms with Crippen molar-refractivity contribution in [1.82, 2.24) is 15.1 Å². The Balaban J connectivity index is 2.36. The molecule has 1 aromatic rings. The molecule has 0 aromatic carbocycles. The Bertz CT molecular complexity index is 330. The number of ether oxygens (including phenoxy) is 1. The van der Waals surface area contributed by atoms with Gasteiger partial charge in [0.2, 0.25) is 0 Å². The number of hydrogen-bond donors (Lipinski definition) is 1. The number of nitrogens with zero attached hydrogens (tertiary/aromatic N) is 2. The number of nitrogens with one attached hydrogen (secondary N) is 1. The largest absolute Gasteiger partial charge is 0.493 e. The maximum Gasteiger partial charge on any atom is 0.161 e. The smallest absolute Gasteiger partial charge is 0.161 e. The molecule has 0 aliphatic carbocycles. The van der Waals surface area contributed by atoms with Gasteiger partial charge in [-0.3, -0.25) is 4.68 Å². The first kappa shape index (κ1) is 8.31. The Morgan fingerprint density at radius 3 is 3.15 bits per heavy atom. The molecule has 0 saturated carbocycles. The van der Waals surface area contributed by atoms with Crippen molar-refractivity contribution in [2.24, 2.45) is 7.05 Å². The standard InChI is InChI=1S/C9H13N3O/c1-12-9(7-4-3-5-10-7)8(13-2)6-11-12/h3-4,6-7,10H,5H2,1-2H3. The van der Waals surface area contributed by atoms with E-state index in [9.17, 15) is 0 Å². The Morgan fingerprint density at radius 1 is 1.69 bits per heavy atom. The van der Waals surface area contributed by atoms with E-state index in [-0.39, 0.29) is 6.04 Å². The van der Waals surface area contributed by atoms with Crippen LogP contribution in [0.15, 0.2) is 18.3 Å². The van der Waals surface area contributed by atoms with Crippen LogP contribution in [0.25, 0.3) is 0 Å². The van der Waals surface area contributed by atoms with Gasteiger partial charge in [-0.15, -0.1) is 0 Å². The van der Waals surface area contributed by atoms with Gasteiger partial charge in [-0.1, -0.05) is 12.2 Å². The van der Waals surface area contributed by atoms with E-state index in [0.717, 1.165) is 18.0 Å². The first-order valence-corrected chi connectivity index (χ1v) is 4.29. The van der Waals surface area contributed by atoms with Crippen LogP contribution in [0, 0.1) is 0 Å². The summed E-state index contributed by atoms with van der Waals surface area (Å²) in [6, 6.07) is 0.238. The highest BCUT2D eigenvalue weighted by Crippen LogP contribution is 2.26. The molecule has 1 aliphatic heterocycles. The Morgan fingerprint density at radius 2 is 2.54 bits per heavy atom. The summed E-state index contributed by atoms with van der Waals surface area (Å²) in [5.41, 5.74) is 1.08. The minimum Gasteiger partial charge on any atom is -0.493 e. The molecule has 13 heavy (non-hydrogen) atoms. The number of aryl methyl sites for hydroxylation is 1. The molecule has 2 heterocycles. The van der Waals surface area contributed by atoms with E-state index >= 15 is 0 Å². The van der Waals surface area contributed by atoms with E-state index < -0.39 is 0 Å². The molecule has 0 bridgehead atoms. The van der Waals surface area contributed by atoms with E-state index in [1.54, 1.807) is 13.3 Å². The second kappa shape index (κ2) is 3.22. The molecule has 2 rings (SSSR count). The van der Waals surface area contributed by atoms with Crippen molar-refractivity contribution in [2.75, 3.05) is 13.7 Å². The Kier molecular flexibility index (Phi) is 2.06. The summed E-state index contributed by atoms with van der Waals surface area (Å²) in [5.74, 6) is 0.839. The van der Waals surface area contributed by atoms with E-state index in [0.29, 0.717) is 0 Å². The van der Waals surface area contributed by atoms with Crippen LogP contribution in [0.2, 0.25) is 0 Å². The van der Waals surface area contributed by atoms with Gasteiger partial charge >= 0.3 is 0 Å². The van der Waals surface area contributed by atoms with Crippen molar-refractivity contribution in [3.05, 3.63) is 24.0 Å². The second-order valence-corrected chi connectivity index (χ2v) is 3.04. The van der Waals surface area contributed by atoms with Gasteiger partial charge in [-0.2, -0.15) is 5.10 Å². The average Bonchev–Trinajstić information content (AvgIpc) is 2.72. The van der Waals surface area contributed by atoms with Gasteiger partial charge in [0.05, 0.1) is 19.3 Å². The molecule has 70 valence electrons. The molecular formula is C9H13N3O. The minimum absolute atomic E-state index is 0.238. The van der Waals surface area contributed by atoms with Crippen molar-refractivity contribution in [2.45, 2.75) is 6.04 Å². The van der Waals surface area contributed by atoms with Gasteiger partial charge in [0.25, 0.3) is 0 Å². The summed E-state index contributed by atoms with van der Waals surface area (Å²) >= 11 is 0. The summed E-state index contributed by atoms with van der Waals surface area (Å²) in [6.45, 7) is 0.916. The molecule has 0 saturated heterocycles. The highest BCUT2D eigenvalue weighted by Gasteiger charge is 2.19. The van der Waals surface area contributed by atoms with E-state index in [1.807, 2.05) is 11.7 Å². The predicted octanol–water partition coefficient (Wildman–Crippen LogP) is 0.629. The lowest BCUT2D eigenvalue weighted by atomic mass is 10.2. The molecule has 1 atom stereocenters. The molecule has 0 spiro atoms. The predicted molar refractivity (Wildman–Crippen MR) is 49.6 cm³/mol. The number of methoxy groups -OCH3 is 1. The molecule has 1 N–H and O–H groups in total. The molecule has 1 unspecified atom stereocenters. The van der Waals surface area contributed by atoms with Crippen molar-refractivity contribution >= 4 is 0 Å². The van der Waals surface area contributed by atoms with Crippen LogP contribution in [0.4, 0.5) is 0 Å². The lowest BCUT2D eigenvalue weighted by Gasteiger charge is -2.11. The lowest BCUT2D eigenvalue weighted by molar-refractivity contribution is 0.404. The fraction of sp³-hybridized carbons (Fsp3) is 0.444. The number of rotatable bonds is 2. The van der Waals surface area contributed by atoms with Gasteiger partial charge in [0.1, 0.15) is 5.69 Å². The normalized spacial score (nSPS) is 20.9. The van der Waals surface area contributed by atoms with Gasteiger partial charge in [0, 0.05) is 13.6 Å². The molecule has 0 fully saturated rings. The minimum atomic E-state index is 0.238. The summed E-state index contributed by atoms with van der Waals surface area (Å²) in [5, 5.41) is 7.47. The maximum absolute atomic E-state index is 5.22. The summed E-state index contributed by atoms with van der Waals surface area (Å²) in [7, 11) is 3.59. The molecule has 1 aromatic heterocycles. The third-order valence-corrected chi connectivity index (χ3v) is 2.25. The third kappa shape index (κ3) is 1.33. The first-order chi connectivity index (χ1) is 6.33. The third-order valence-electron chi connectivity index (χ3n) is 2.25. The molecule has 0 radical (unpaired) electrons. The van der Waals surface area contributed by atoms with Crippen molar-refractivity contribution in [3.8, 4) is 5.75 Å². The number of hydrogen-bond acceptors (Lipinski definition) is 3. The zero-order chi connectivity index (χ0) is 9.26. The second-order valence-electron chi connectivity index (χ2n) is 3.04. The van der Waals surface area contributed by atoms with Crippen molar-refractivity contribution in [3.63, 3.8) is 0 Å². The molecule has 4 nitrogen and oxygen atoms in total. The Hall–Kier alpha value is -1.29. The Labute approximate surface area is 77.2 Å². The molecular weight excluding hydrogens is 166 g/mol. The zero-order valence-corrected chi connectivity index (χ0v) is 7.82. The summed E-state index contributed by atoms with van der Waals surface area (Å²) in [4.78, 5) is 0. The molecule has 4 heteroatoms. The van der Waals surface area contributed by atoms with Gasteiger partial charge in [-0.25, -0.2) is 0 Å². The summed E-state index contributed by atoms with van der Waals surface area (Å²) in [6.07, 6.45) is 5.97. The molecule has 1 aliphatic rings. The highest BCUT2D eigenvalue weighted by molar-refractivity contribution is 5.32. The summed E-state index contributed by atoms with van der Waals surface area (Å²) < 4.78 is 7.06. The fourth-order valence-corrected chi connectivity index (χ4v) is 1.59. The number of aromatic nitrogens is 2. The van der Waals surface area contributed by atoms with Gasteiger partial charge in [-0.05, 0) is 0 Å². The van der Waals surface area contributed by atoms with Crippen LogP contribution >= 0.6 is 0 Å². The van der Waals surface area contributed by atoms with Crippen LogP contribution in [0.1, 0.15) is 11.7 Å². The quantitative estimate of drug-likeness (QED) is 0.677. The fourth-order valence-electron chi connectivity index (χ4n) is 1.59. The van der Waals surface area contributed by atoms with Gasteiger partial charge < -0.3 is 10.1 Å². The lowest BCUT2D eigenvalue weighted by Crippen LogP contribution is -2.17. The zero-order valence-electron chi connectivity index (χ0n) is 7.82. The van der Waals surface area contributed by atoms with Crippen molar-refractivity contribution in [1.29, 1.82) is 0 Å². The van der Waals surface area contributed by atoms with Crippen molar-refractivity contribution < 1.29 is 4.74 Å². The van der Waals surface area contributed by atoms with Crippen LogP contribution in [-0.4, -0.2) is 23.4 Å². The van der Waals surface area contributed by atoms with Crippen LogP contribution in [-0.2, 0) is 7.05 Å². The molecule has 0 amide bonds. The van der Waals surface area contributed by atoms with Gasteiger partial charge in [0.15, 0.2) is 5.75 Å². The van der Waals surface area contributed by atoms with Crippen LogP contribution < -0.4 is 10.1 Å². The van der Waals surface area contributed by atoms with Crippen LogP contribution in [0.3, 0.4) is 0 Å². The van der Waals surface area contributed by atoms with E-state index in [1.165, 1.54) is 0 Å². The average molecular weight is 179 g/mol. The van der Waals surface area contributed by atoms with E-state index in [4.69, 9.17) is 4.74 Å². The maximum atomic E-state index is 5.22. The van der Waals surface area contributed by atoms with Crippen LogP contribution in [0.5, 0.6) is 5.75 Å².